The third-order valence-corrected chi connectivity index (χ3v) is 7.16. The highest BCUT2D eigenvalue weighted by atomic mass is 35.5. The van der Waals surface area contributed by atoms with Gasteiger partial charge in [-0.3, -0.25) is 14.6 Å². The third-order valence-electron chi connectivity index (χ3n) is 6.83. The molecule has 1 fully saturated rings. The number of esters is 1. The lowest BCUT2D eigenvalue weighted by Gasteiger charge is -2.43. The maximum atomic E-state index is 13.3. The molecule has 2 aliphatic rings. The van der Waals surface area contributed by atoms with Crippen molar-refractivity contribution in [3.63, 3.8) is 0 Å². The van der Waals surface area contributed by atoms with Gasteiger partial charge >= 0.3 is 12.0 Å². The molecule has 0 spiro atoms. The normalized spacial score (nSPS) is 20.6. The first-order chi connectivity index (χ1) is 17.8. The molecule has 196 valence electrons. The summed E-state index contributed by atoms with van der Waals surface area (Å²) in [6.45, 7) is 8.37. The number of hydrogen-bond acceptors (Lipinski definition) is 5. The molecule has 1 N–H and O–H groups in total. The Morgan fingerprint density at radius 1 is 1.05 bits per heavy atom. The van der Waals surface area contributed by atoms with Crippen LogP contribution in [0.3, 0.4) is 0 Å². The molecule has 2 unspecified atom stereocenters. The number of ether oxygens (including phenoxy) is 1. The maximum Gasteiger partial charge on any atom is 0.338 e. The van der Waals surface area contributed by atoms with Crippen LogP contribution in [0.1, 0.15) is 42.7 Å². The summed E-state index contributed by atoms with van der Waals surface area (Å²) in [5.74, 6) is -0.536. The fourth-order valence-electron chi connectivity index (χ4n) is 5.03. The van der Waals surface area contributed by atoms with Crippen molar-refractivity contribution in [1.82, 2.24) is 20.0 Å². The SMILES string of the molecule is CCOC(=O)C1=C(CN2CCN(C(=O)c3ccccc3Cl)C(C)C2)N(CC)C(=O)NC1c1ccccc1. The number of urea groups is 1. The molecular weight excluding hydrogens is 492 g/mol. The van der Waals surface area contributed by atoms with Gasteiger partial charge in [-0.25, -0.2) is 9.59 Å². The first-order valence-electron chi connectivity index (χ1n) is 12.7. The zero-order chi connectivity index (χ0) is 26.5. The lowest BCUT2D eigenvalue weighted by atomic mass is 9.94. The van der Waals surface area contributed by atoms with Gasteiger partial charge in [0.25, 0.3) is 5.91 Å². The summed E-state index contributed by atoms with van der Waals surface area (Å²) < 4.78 is 5.45. The van der Waals surface area contributed by atoms with Gasteiger partial charge < -0.3 is 15.0 Å². The van der Waals surface area contributed by atoms with Crippen LogP contribution in [0.2, 0.25) is 5.02 Å². The Balaban J connectivity index is 1.62. The van der Waals surface area contributed by atoms with Crippen molar-refractivity contribution in [2.45, 2.75) is 32.9 Å². The number of benzene rings is 2. The minimum absolute atomic E-state index is 0.0819. The van der Waals surface area contributed by atoms with Crippen LogP contribution in [0, 0.1) is 0 Å². The summed E-state index contributed by atoms with van der Waals surface area (Å²) in [5, 5.41) is 3.42. The van der Waals surface area contributed by atoms with Gasteiger partial charge in [0.15, 0.2) is 0 Å². The molecule has 2 aromatic carbocycles. The van der Waals surface area contributed by atoms with Gasteiger partial charge in [-0.1, -0.05) is 54.1 Å². The van der Waals surface area contributed by atoms with Gasteiger partial charge in [0, 0.05) is 44.5 Å². The molecule has 1 saturated heterocycles. The zero-order valence-electron chi connectivity index (χ0n) is 21.4. The summed E-state index contributed by atoms with van der Waals surface area (Å²) in [7, 11) is 0. The zero-order valence-corrected chi connectivity index (χ0v) is 22.2. The molecule has 37 heavy (non-hydrogen) atoms. The number of amides is 3. The second-order valence-corrected chi connectivity index (χ2v) is 9.59. The molecule has 2 heterocycles. The van der Waals surface area contributed by atoms with Crippen molar-refractivity contribution >= 4 is 29.5 Å². The summed E-state index contributed by atoms with van der Waals surface area (Å²) in [6.07, 6.45) is 0. The van der Waals surface area contributed by atoms with Crippen molar-refractivity contribution in [2.75, 3.05) is 39.3 Å². The second kappa shape index (κ2) is 11.8. The van der Waals surface area contributed by atoms with E-state index >= 15 is 0 Å². The summed E-state index contributed by atoms with van der Waals surface area (Å²) in [4.78, 5) is 45.2. The predicted molar refractivity (Wildman–Crippen MR) is 142 cm³/mol. The Kier molecular flexibility index (Phi) is 8.51. The van der Waals surface area contributed by atoms with Crippen LogP contribution in [0.25, 0.3) is 0 Å². The number of piperazine rings is 1. The molecule has 2 aromatic rings. The number of nitrogens with one attached hydrogen (secondary N) is 1. The molecule has 4 rings (SSSR count). The molecule has 9 heteroatoms. The topological polar surface area (TPSA) is 82.2 Å². The molecule has 2 aliphatic heterocycles. The molecular formula is C28H33ClN4O4. The van der Waals surface area contributed by atoms with Crippen LogP contribution in [0.15, 0.2) is 65.9 Å². The molecule has 0 aromatic heterocycles. The fraction of sp³-hybridized carbons (Fsp3) is 0.393. The molecule has 3 amide bonds. The van der Waals surface area contributed by atoms with E-state index in [-0.39, 0.29) is 24.6 Å². The van der Waals surface area contributed by atoms with E-state index in [4.69, 9.17) is 16.3 Å². The van der Waals surface area contributed by atoms with Gasteiger partial charge in [-0.2, -0.15) is 0 Å². The molecule has 0 saturated carbocycles. The van der Waals surface area contributed by atoms with Crippen molar-refractivity contribution in [3.8, 4) is 0 Å². The number of carbonyl (C=O) groups is 3. The van der Waals surface area contributed by atoms with Gasteiger partial charge in [0.05, 0.1) is 28.8 Å². The Hall–Kier alpha value is -3.36. The summed E-state index contributed by atoms with van der Waals surface area (Å²) in [5.41, 5.74) is 2.38. The van der Waals surface area contributed by atoms with E-state index in [0.717, 1.165) is 5.56 Å². The van der Waals surface area contributed by atoms with Crippen LogP contribution in [0.4, 0.5) is 4.79 Å². The van der Waals surface area contributed by atoms with Crippen LogP contribution in [-0.4, -0.2) is 78.0 Å². The minimum Gasteiger partial charge on any atom is -0.463 e. The van der Waals surface area contributed by atoms with E-state index < -0.39 is 12.0 Å². The van der Waals surface area contributed by atoms with Crippen LogP contribution in [0.5, 0.6) is 0 Å². The highest BCUT2D eigenvalue weighted by molar-refractivity contribution is 6.33. The first-order valence-corrected chi connectivity index (χ1v) is 13.0. The van der Waals surface area contributed by atoms with Crippen LogP contribution >= 0.6 is 11.6 Å². The average molecular weight is 525 g/mol. The highest BCUT2D eigenvalue weighted by Crippen LogP contribution is 2.32. The number of hydrogen-bond donors (Lipinski definition) is 1. The number of nitrogens with zero attached hydrogens (tertiary/aromatic N) is 3. The molecule has 0 aliphatic carbocycles. The Morgan fingerprint density at radius 3 is 2.41 bits per heavy atom. The number of carbonyl (C=O) groups excluding carboxylic acids is 3. The third kappa shape index (κ3) is 5.65. The van der Waals surface area contributed by atoms with E-state index in [1.165, 1.54) is 0 Å². The number of halogens is 1. The first kappa shape index (κ1) is 26.7. The Labute approximate surface area is 222 Å². The van der Waals surface area contributed by atoms with Gasteiger partial charge in [0.2, 0.25) is 0 Å². The monoisotopic (exact) mass is 524 g/mol. The standard InChI is InChI=1S/C28H33ClN4O4/c1-4-32-23(24(27(35)37-5-2)25(30-28(32)36)20-11-7-6-8-12-20)18-31-15-16-33(19(3)17-31)26(34)21-13-9-10-14-22(21)29/h6-14,19,25H,4-5,15-18H2,1-3H3,(H,30,36). The largest absolute Gasteiger partial charge is 0.463 e. The maximum absolute atomic E-state index is 13.3. The van der Waals surface area contributed by atoms with Crippen LogP contribution in [-0.2, 0) is 9.53 Å². The van der Waals surface area contributed by atoms with Gasteiger partial charge in [0.1, 0.15) is 0 Å². The quantitative estimate of drug-likeness (QED) is 0.552. The Morgan fingerprint density at radius 2 is 1.76 bits per heavy atom. The predicted octanol–water partition coefficient (Wildman–Crippen LogP) is 4.09. The van der Waals surface area contributed by atoms with E-state index in [1.807, 2.05) is 49.1 Å². The fourth-order valence-corrected chi connectivity index (χ4v) is 5.25. The van der Waals surface area contributed by atoms with E-state index in [1.54, 1.807) is 36.1 Å². The smallest absolute Gasteiger partial charge is 0.338 e. The number of likely N-dealkylation sites (N-methyl/N-ethyl adjacent to an activating group) is 1. The summed E-state index contributed by atoms with van der Waals surface area (Å²) in [6, 6.07) is 15.6. The lowest BCUT2D eigenvalue weighted by molar-refractivity contribution is -0.139. The minimum atomic E-state index is -0.605. The van der Waals surface area contributed by atoms with E-state index in [2.05, 4.69) is 10.2 Å². The van der Waals surface area contributed by atoms with Gasteiger partial charge in [-0.15, -0.1) is 0 Å². The van der Waals surface area contributed by atoms with Crippen molar-refractivity contribution in [3.05, 3.63) is 82.0 Å². The molecule has 0 radical (unpaired) electrons. The highest BCUT2D eigenvalue weighted by Gasteiger charge is 2.39. The van der Waals surface area contributed by atoms with Crippen LogP contribution < -0.4 is 5.32 Å². The van der Waals surface area contributed by atoms with Crippen molar-refractivity contribution in [2.24, 2.45) is 0 Å². The molecule has 0 bridgehead atoms. The number of rotatable bonds is 7. The average Bonchev–Trinajstić information content (AvgIpc) is 2.89. The van der Waals surface area contributed by atoms with Crippen molar-refractivity contribution < 1.29 is 19.1 Å². The van der Waals surface area contributed by atoms with Gasteiger partial charge in [-0.05, 0) is 38.5 Å². The summed E-state index contributed by atoms with van der Waals surface area (Å²) >= 11 is 6.27. The van der Waals surface area contributed by atoms with E-state index in [9.17, 15) is 14.4 Å². The van der Waals surface area contributed by atoms with Crippen molar-refractivity contribution in [1.29, 1.82) is 0 Å². The lowest BCUT2D eigenvalue weighted by Crippen LogP contribution is -2.56. The van der Waals surface area contributed by atoms with E-state index in [0.29, 0.717) is 54.6 Å². The Bertz CT molecular complexity index is 1190. The molecule has 8 nitrogen and oxygen atoms in total. The second-order valence-electron chi connectivity index (χ2n) is 9.18. The molecule has 2 atom stereocenters.